The van der Waals surface area contributed by atoms with Gasteiger partial charge in [0.25, 0.3) is 5.56 Å². The van der Waals surface area contributed by atoms with Crippen LogP contribution in [0.5, 0.6) is 0 Å². The number of aromatic nitrogens is 3. The SMILES string of the molecule is Cc1cc2c(-c3ccc(Cl)cc3)nn(-c3ccc(C4CC4)nc3)c(=O)c2cc1C. The minimum atomic E-state index is -0.137. The molecule has 0 N–H and O–H groups in total. The Bertz CT molecular complexity index is 1290. The molecule has 2 aromatic heterocycles. The molecular formula is C24H20ClN3O. The van der Waals surface area contributed by atoms with Crippen molar-refractivity contribution < 1.29 is 0 Å². The first-order chi connectivity index (χ1) is 14.0. The van der Waals surface area contributed by atoms with Crippen molar-refractivity contribution in [1.29, 1.82) is 0 Å². The second-order valence-corrected chi connectivity index (χ2v) is 8.21. The molecule has 144 valence electrons. The molecule has 2 heterocycles. The fraction of sp³-hybridized carbons (Fsp3) is 0.208. The monoisotopic (exact) mass is 401 g/mol. The summed E-state index contributed by atoms with van der Waals surface area (Å²) in [5.74, 6) is 0.570. The molecule has 1 fully saturated rings. The molecule has 5 rings (SSSR count). The topological polar surface area (TPSA) is 47.8 Å². The molecule has 0 saturated heterocycles. The fourth-order valence-corrected chi connectivity index (χ4v) is 3.77. The van der Waals surface area contributed by atoms with E-state index in [1.807, 2.05) is 62.4 Å². The van der Waals surface area contributed by atoms with Gasteiger partial charge in [0, 0.05) is 27.6 Å². The number of hydrogen-bond acceptors (Lipinski definition) is 3. The summed E-state index contributed by atoms with van der Waals surface area (Å²) in [6.07, 6.45) is 4.14. The maximum atomic E-state index is 13.3. The van der Waals surface area contributed by atoms with Gasteiger partial charge in [-0.15, -0.1) is 0 Å². The zero-order valence-electron chi connectivity index (χ0n) is 16.3. The van der Waals surface area contributed by atoms with Crippen LogP contribution in [0.25, 0.3) is 27.7 Å². The van der Waals surface area contributed by atoms with Gasteiger partial charge in [-0.3, -0.25) is 9.78 Å². The lowest BCUT2D eigenvalue weighted by Crippen LogP contribution is -2.22. The summed E-state index contributed by atoms with van der Waals surface area (Å²) in [6, 6.07) is 15.5. The quantitative estimate of drug-likeness (QED) is 0.449. The minimum absolute atomic E-state index is 0.137. The largest absolute Gasteiger partial charge is 0.279 e. The van der Waals surface area contributed by atoms with Crippen LogP contribution in [0.4, 0.5) is 0 Å². The standard InChI is InChI=1S/C24H20ClN3O/c1-14-11-20-21(12-15(14)2)24(29)28(19-9-10-22(26-13-19)16-3-4-16)27-23(20)17-5-7-18(25)8-6-17/h5-13,16H,3-4H2,1-2H3. The van der Waals surface area contributed by atoms with Crippen LogP contribution in [0.1, 0.15) is 35.6 Å². The number of hydrogen-bond donors (Lipinski definition) is 0. The van der Waals surface area contributed by atoms with Crippen LogP contribution in [-0.4, -0.2) is 14.8 Å². The van der Waals surface area contributed by atoms with E-state index in [1.54, 1.807) is 6.20 Å². The van der Waals surface area contributed by atoms with Crippen LogP contribution in [-0.2, 0) is 0 Å². The molecule has 0 radical (unpaired) electrons. The Labute approximate surface area is 173 Å². The van der Waals surface area contributed by atoms with Gasteiger partial charge in [-0.1, -0.05) is 23.7 Å². The zero-order chi connectivity index (χ0) is 20.1. The Hall–Kier alpha value is -2.98. The van der Waals surface area contributed by atoms with Crippen LogP contribution in [0.15, 0.2) is 59.5 Å². The van der Waals surface area contributed by atoms with Gasteiger partial charge >= 0.3 is 0 Å². The first-order valence-corrected chi connectivity index (χ1v) is 10.2. The maximum absolute atomic E-state index is 13.3. The molecule has 1 aliphatic rings. The van der Waals surface area contributed by atoms with Gasteiger partial charge in [0.05, 0.1) is 23.0 Å². The molecule has 0 bridgehead atoms. The highest BCUT2D eigenvalue weighted by Crippen LogP contribution is 2.38. The number of benzene rings is 2. The van der Waals surface area contributed by atoms with Crippen molar-refractivity contribution in [2.75, 3.05) is 0 Å². The average molecular weight is 402 g/mol. The van der Waals surface area contributed by atoms with Crippen molar-refractivity contribution in [2.24, 2.45) is 0 Å². The second kappa shape index (κ2) is 6.82. The summed E-state index contributed by atoms with van der Waals surface area (Å²) < 4.78 is 1.46. The van der Waals surface area contributed by atoms with Crippen molar-refractivity contribution in [3.05, 3.63) is 86.9 Å². The van der Waals surface area contributed by atoms with Crippen LogP contribution in [0.3, 0.4) is 0 Å². The Kier molecular flexibility index (Phi) is 4.25. The van der Waals surface area contributed by atoms with E-state index in [2.05, 4.69) is 4.98 Å². The van der Waals surface area contributed by atoms with Crippen LogP contribution in [0, 0.1) is 13.8 Å². The lowest BCUT2D eigenvalue weighted by Gasteiger charge is -2.13. The van der Waals surface area contributed by atoms with E-state index in [0.717, 1.165) is 33.5 Å². The first kappa shape index (κ1) is 18.1. The van der Waals surface area contributed by atoms with Crippen LogP contribution < -0.4 is 5.56 Å². The highest BCUT2D eigenvalue weighted by molar-refractivity contribution is 6.30. The predicted octanol–water partition coefficient (Wildman–Crippen LogP) is 5.60. The van der Waals surface area contributed by atoms with E-state index in [-0.39, 0.29) is 5.56 Å². The molecule has 0 aliphatic heterocycles. The van der Waals surface area contributed by atoms with Crippen LogP contribution >= 0.6 is 11.6 Å². The van der Waals surface area contributed by atoms with Crippen molar-refractivity contribution >= 4 is 22.4 Å². The van der Waals surface area contributed by atoms with Crippen LogP contribution in [0.2, 0.25) is 5.02 Å². The number of pyridine rings is 1. The molecule has 4 aromatic rings. The molecule has 29 heavy (non-hydrogen) atoms. The molecule has 0 spiro atoms. The fourth-order valence-electron chi connectivity index (χ4n) is 3.64. The van der Waals surface area contributed by atoms with Gasteiger partial charge in [-0.25, -0.2) is 0 Å². The van der Waals surface area contributed by atoms with Gasteiger partial charge in [-0.05, 0) is 74.2 Å². The molecule has 0 atom stereocenters. The lowest BCUT2D eigenvalue weighted by atomic mass is 10.00. The Morgan fingerprint density at radius 2 is 1.66 bits per heavy atom. The molecule has 1 aliphatic carbocycles. The third-order valence-corrected chi connectivity index (χ3v) is 5.89. The van der Waals surface area contributed by atoms with E-state index in [1.165, 1.54) is 17.5 Å². The summed E-state index contributed by atoms with van der Waals surface area (Å²) >= 11 is 6.08. The number of nitrogens with zero attached hydrogens (tertiary/aromatic N) is 3. The predicted molar refractivity (Wildman–Crippen MR) is 117 cm³/mol. The third kappa shape index (κ3) is 3.23. The summed E-state index contributed by atoms with van der Waals surface area (Å²) in [5, 5.41) is 6.92. The molecule has 0 amide bonds. The molecule has 1 saturated carbocycles. The van der Waals surface area contributed by atoms with Crippen molar-refractivity contribution in [1.82, 2.24) is 14.8 Å². The number of fused-ring (bicyclic) bond motifs is 1. The van der Waals surface area contributed by atoms with Gasteiger partial charge < -0.3 is 0 Å². The number of rotatable bonds is 3. The number of halogens is 1. The maximum Gasteiger partial charge on any atom is 0.279 e. The van der Waals surface area contributed by atoms with E-state index >= 15 is 0 Å². The molecule has 0 unspecified atom stereocenters. The van der Waals surface area contributed by atoms with Gasteiger partial charge in [0.2, 0.25) is 0 Å². The molecular weight excluding hydrogens is 382 g/mol. The molecule has 4 nitrogen and oxygen atoms in total. The molecule has 2 aromatic carbocycles. The second-order valence-electron chi connectivity index (χ2n) is 7.77. The van der Waals surface area contributed by atoms with Crippen molar-refractivity contribution in [2.45, 2.75) is 32.6 Å². The highest BCUT2D eigenvalue weighted by Gasteiger charge is 2.24. The van der Waals surface area contributed by atoms with E-state index < -0.39 is 0 Å². The van der Waals surface area contributed by atoms with Crippen molar-refractivity contribution in [3.63, 3.8) is 0 Å². The molecule has 5 heteroatoms. The van der Waals surface area contributed by atoms with E-state index in [0.29, 0.717) is 22.0 Å². The summed E-state index contributed by atoms with van der Waals surface area (Å²) in [6.45, 7) is 4.07. The zero-order valence-corrected chi connectivity index (χ0v) is 17.1. The Balaban J connectivity index is 1.77. The van der Waals surface area contributed by atoms with E-state index in [4.69, 9.17) is 16.7 Å². The lowest BCUT2D eigenvalue weighted by molar-refractivity contribution is 0.817. The van der Waals surface area contributed by atoms with Gasteiger partial charge in [0.1, 0.15) is 0 Å². The smallest absolute Gasteiger partial charge is 0.267 e. The number of aryl methyl sites for hydroxylation is 2. The average Bonchev–Trinajstić information content (AvgIpc) is 3.56. The Morgan fingerprint density at radius 1 is 0.966 bits per heavy atom. The third-order valence-electron chi connectivity index (χ3n) is 5.64. The van der Waals surface area contributed by atoms with Gasteiger partial charge in [0.15, 0.2) is 0 Å². The normalized spacial score (nSPS) is 13.8. The summed E-state index contributed by atoms with van der Waals surface area (Å²) in [5.41, 5.74) is 5.51. The van der Waals surface area contributed by atoms with Gasteiger partial charge in [-0.2, -0.15) is 9.78 Å². The Morgan fingerprint density at radius 3 is 2.28 bits per heavy atom. The first-order valence-electron chi connectivity index (χ1n) is 9.78. The van der Waals surface area contributed by atoms with Crippen molar-refractivity contribution in [3.8, 4) is 16.9 Å². The summed E-state index contributed by atoms with van der Waals surface area (Å²) in [4.78, 5) is 17.9. The summed E-state index contributed by atoms with van der Waals surface area (Å²) in [7, 11) is 0. The van der Waals surface area contributed by atoms with E-state index in [9.17, 15) is 4.79 Å². The minimum Gasteiger partial charge on any atom is -0.267 e. The highest BCUT2D eigenvalue weighted by atomic mass is 35.5.